The van der Waals surface area contributed by atoms with Crippen molar-refractivity contribution in [2.24, 2.45) is 4.99 Å². The summed E-state index contributed by atoms with van der Waals surface area (Å²) >= 11 is 0. The minimum absolute atomic E-state index is 0.204. The molecule has 4 heteroatoms. The van der Waals surface area contributed by atoms with Gasteiger partial charge >= 0.3 is 0 Å². The van der Waals surface area contributed by atoms with Gasteiger partial charge < -0.3 is 4.98 Å². The number of hydrogen-bond acceptors (Lipinski definition) is 1. The van der Waals surface area contributed by atoms with Crippen LogP contribution in [0.3, 0.4) is 0 Å². The molecule has 0 radical (unpaired) electrons. The van der Waals surface area contributed by atoms with Crippen LogP contribution in [-0.4, -0.2) is 17.2 Å². The zero-order valence-corrected chi connectivity index (χ0v) is 13.3. The molecule has 2 aromatic carbocycles. The highest BCUT2D eigenvalue weighted by Crippen LogP contribution is 2.30. The molecule has 1 aliphatic carbocycles. The lowest BCUT2D eigenvalue weighted by atomic mass is 9.94. The maximum absolute atomic E-state index is 13.5. The second kappa shape index (κ2) is 6.19. The molecule has 1 aromatic heterocycles. The fraction of sp³-hybridized carbons (Fsp3) is 0.250. The number of aromatic nitrogens is 1. The molecule has 0 atom stereocenters. The van der Waals surface area contributed by atoms with Crippen molar-refractivity contribution in [3.8, 4) is 0 Å². The number of hydrogen-bond donors (Lipinski definition) is 1. The van der Waals surface area contributed by atoms with Gasteiger partial charge in [0.05, 0.1) is 11.4 Å². The quantitative estimate of drug-likeness (QED) is 0.716. The van der Waals surface area contributed by atoms with Gasteiger partial charge in [0.25, 0.3) is 0 Å². The first-order chi connectivity index (χ1) is 11.7. The van der Waals surface area contributed by atoms with E-state index < -0.39 is 0 Å². The Labute approximate surface area is 139 Å². The number of nitrogens with one attached hydrogen (secondary N) is 1. The maximum Gasteiger partial charge on any atom is 0.123 e. The van der Waals surface area contributed by atoms with Gasteiger partial charge in [-0.15, -0.1) is 0 Å². The summed E-state index contributed by atoms with van der Waals surface area (Å²) in [6.45, 7) is 0.671. The highest BCUT2D eigenvalue weighted by atomic mass is 19.1. The second-order valence-corrected chi connectivity index (χ2v) is 6.23. The molecule has 0 saturated heterocycles. The van der Waals surface area contributed by atoms with Crippen LogP contribution in [0, 0.1) is 11.6 Å². The summed E-state index contributed by atoms with van der Waals surface area (Å²) in [7, 11) is 0. The summed E-state index contributed by atoms with van der Waals surface area (Å²) in [4.78, 5) is 8.16. The molecule has 0 amide bonds. The molecule has 0 bridgehead atoms. The van der Waals surface area contributed by atoms with Crippen LogP contribution in [0.15, 0.2) is 47.5 Å². The van der Waals surface area contributed by atoms with E-state index in [-0.39, 0.29) is 11.6 Å². The van der Waals surface area contributed by atoms with Crippen LogP contribution in [0.1, 0.15) is 29.7 Å². The Kier molecular flexibility index (Phi) is 3.89. The summed E-state index contributed by atoms with van der Waals surface area (Å²) in [5.41, 5.74) is 5.34. The summed E-state index contributed by atoms with van der Waals surface area (Å²) in [5.74, 6) is -0.419. The lowest BCUT2D eigenvalue weighted by molar-refractivity contribution is 0.627. The minimum Gasteiger partial charge on any atom is -0.353 e. The number of nitrogens with zero attached hydrogens (tertiary/aromatic N) is 1. The highest BCUT2D eigenvalue weighted by molar-refractivity contribution is 6.06. The van der Waals surface area contributed by atoms with Crippen molar-refractivity contribution in [1.29, 1.82) is 0 Å². The van der Waals surface area contributed by atoms with E-state index in [4.69, 9.17) is 4.99 Å². The zero-order valence-electron chi connectivity index (χ0n) is 13.3. The number of fused-ring (bicyclic) bond motifs is 3. The topological polar surface area (TPSA) is 28.1 Å². The lowest BCUT2D eigenvalue weighted by Gasteiger charge is -2.14. The first-order valence-electron chi connectivity index (χ1n) is 8.29. The summed E-state index contributed by atoms with van der Waals surface area (Å²) in [6, 6.07) is 11.4. The molecule has 0 fully saturated rings. The number of H-pyrrole nitrogens is 1. The molecule has 1 heterocycles. The number of rotatable bonds is 3. The average molecular weight is 324 g/mol. The van der Waals surface area contributed by atoms with Crippen molar-refractivity contribution < 1.29 is 8.78 Å². The Morgan fingerprint density at radius 1 is 0.958 bits per heavy atom. The Morgan fingerprint density at radius 3 is 2.58 bits per heavy atom. The minimum atomic E-state index is -0.215. The second-order valence-electron chi connectivity index (χ2n) is 6.23. The van der Waals surface area contributed by atoms with Crippen LogP contribution < -0.4 is 0 Å². The van der Waals surface area contributed by atoms with Gasteiger partial charge in [0.1, 0.15) is 11.6 Å². The van der Waals surface area contributed by atoms with Crippen molar-refractivity contribution in [2.75, 3.05) is 6.54 Å². The van der Waals surface area contributed by atoms with Gasteiger partial charge in [0.15, 0.2) is 0 Å². The fourth-order valence-corrected chi connectivity index (χ4v) is 3.41. The molecular weight excluding hydrogens is 306 g/mol. The van der Waals surface area contributed by atoms with E-state index in [9.17, 15) is 8.78 Å². The Bertz CT molecular complexity index is 907. The predicted octanol–water partition coefficient (Wildman–Crippen LogP) is 4.81. The number of aromatic amines is 1. The molecule has 2 nitrogen and oxygen atoms in total. The molecule has 0 aliphatic heterocycles. The van der Waals surface area contributed by atoms with Gasteiger partial charge in [0.2, 0.25) is 0 Å². The summed E-state index contributed by atoms with van der Waals surface area (Å²) in [6.07, 6.45) is 3.71. The molecule has 0 unspecified atom stereocenters. The zero-order chi connectivity index (χ0) is 16.5. The molecule has 4 rings (SSSR count). The average Bonchev–Trinajstić information content (AvgIpc) is 2.95. The number of aryl methyl sites for hydroxylation is 1. The maximum atomic E-state index is 13.5. The first-order valence-corrected chi connectivity index (χ1v) is 8.29. The number of halogens is 2. The van der Waals surface area contributed by atoms with E-state index in [0.717, 1.165) is 53.6 Å². The van der Waals surface area contributed by atoms with Crippen LogP contribution in [0.2, 0.25) is 0 Å². The predicted molar refractivity (Wildman–Crippen MR) is 92.7 cm³/mol. The van der Waals surface area contributed by atoms with Gasteiger partial charge in [-0.2, -0.15) is 0 Å². The van der Waals surface area contributed by atoms with E-state index in [1.165, 1.54) is 23.8 Å². The normalized spacial score (nSPS) is 15.8. The van der Waals surface area contributed by atoms with E-state index >= 15 is 0 Å². The van der Waals surface area contributed by atoms with Gasteiger partial charge in [-0.05, 0) is 67.1 Å². The Morgan fingerprint density at radius 2 is 1.75 bits per heavy atom. The number of aliphatic imine (C=N–C) groups is 1. The van der Waals surface area contributed by atoms with Crippen LogP contribution in [0.4, 0.5) is 8.78 Å². The van der Waals surface area contributed by atoms with Gasteiger partial charge in [-0.1, -0.05) is 12.1 Å². The monoisotopic (exact) mass is 324 g/mol. The van der Waals surface area contributed by atoms with E-state index in [1.807, 2.05) is 0 Å². The van der Waals surface area contributed by atoms with E-state index in [1.54, 1.807) is 24.3 Å². The standard InChI is InChI=1S/C20H18F2N2/c21-14-6-4-13(5-7-14)10-11-23-19-3-1-2-16-17-12-15(22)8-9-18(17)24-20(16)19/h4-9,12,24H,1-3,10-11H2. The van der Waals surface area contributed by atoms with E-state index in [2.05, 4.69) is 4.98 Å². The van der Waals surface area contributed by atoms with Crippen molar-refractivity contribution in [3.05, 3.63) is 70.9 Å². The summed E-state index contributed by atoms with van der Waals surface area (Å²) in [5, 5.41) is 0.968. The SMILES string of the molecule is Fc1ccc(CCN=C2CCCc3c2[nH]c2ccc(F)cc32)cc1. The molecule has 0 saturated carbocycles. The van der Waals surface area contributed by atoms with Gasteiger partial charge in [-0.25, -0.2) is 8.78 Å². The van der Waals surface area contributed by atoms with Crippen molar-refractivity contribution in [3.63, 3.8) is 0 Å². The molecule has 3 aromatic rings. The Balaban J connectivity index is 1.59. The smallest absolute Gasteiger partial charge is 0.123 e. The van der Waals surface area contributed by atoms with Crippen LogP contribution >= 0.6 is 0 Å². The van der Waals surface area contributed by atoms with Crippen LogP contribution in [-0.2, 0) is 12.8 Å². The molecule has 24 heavy (non-hydrogen) atoms. The molecular formula is C20H18F2N2. The van der Waals surface area contributed by atoms with Gasteiger partial charge in [-0.3, -0.25) is 4.99 Å². The summed E-state index contributed by atoms with van der Waals surface area (Å²) < 4.78 is 26.5. The first kappa shape index (κ1) is 15.1. The molecule has 0 spiro atoms. The fourth-order valence-electron chi connectivity index (χ4n) is 3.41. The van der Waals surface area contributed by atoms with Crippen molar-refractivity contribution >= 4 is 16.6 Å². The third-order valence-corrected chi connectivity index (χ3v) is 4.61. The van der Waals surface area contributed by atoms with E-state index in [0.29, 0.717) is 6.54 Å². The van der Waals surface area contributed by atoms with Gasteiger partial charge in [0, 0.05) is 17.4 Å². The lowest BCUT2D eigenvalue weighted by Crippen LogP contribution is -2.12. The van der Waals surface area contributed by atoms with Crippen LogP contribution in [0.5, 0.6) is 0 Å². The molecule has 1 aliphatic rings. The third kappa shape index (κ3) is 2.84. The van der Waals surface area contributed by atoms with Crippen molar-refractivity contribution in [1.82, 2.24) is 4.98 Å². The largest absolute Gasteiger partial charge is 0.353 e. The highest BCUT2D eigenvalue weighted by Gasteiger charge is 2.20. The molecule has 1 N–H and O–H groups in total. The van der Waals surface area contributed by atoms with Crippen LogP contribution in [0.25, 0.3) is 10.9 Å². The molecule has 122 valence electrons. The number of benzene rings is 2. The Hall–Kier alpha value is -2.49. The van der Waals surface area contributed by atoms with Crippen molar-refractivity contribution in [2.45, 2.75) is 25.7 Å². The third-order valence-electron chi connectivity index (χ3n) is 4.61.